The maximum Gasteiger partial charge on any atom is 0.348 e. The molecule has 0 aliphatic carbocycles. The maximum absolute atomic E-state index is 13.1. The predicted molar refractivity (Wildman–Crippen MR) is 262 cm³/mol. The van der Waals surface area contributed by atoms with Crippen molar-refractivity contribution in [1.29, 1.82) is 0 Å². The summed E-state index contributed by atoms with van der Waals surface area (Å²) < 4.78 is 14.5. The first kappa shape index (κ1) is 45.7. The van der Waals surface area contributed by atoms with Crippen molar-refractivity contribution in [2.24, 2.45) is 0 Å². The molecule has 2 heterocycles. The fraction of sp³-hybridized carbons (Fsp3) is 0.185. The average Bonchev–Trinajstić information content (AvgIpc) is 3.31. The fourth-order valence-corrected chi connectivity index (χ4v) is 7.77. The largest absolute Gasteiger partial charge is 0.506 e. The Bertz CT molecular complexity index is 3220. The summed E-state index contributed by atoms with van der Waals surface area (Å²) >= 11 is 12.4. The third-order valence-electron chi connectivity index (χ3n) is 10.9. The molecule has 2 aromatic heterocycles. The van der Waals surface area contributed by atoms with E-state index in [1.807, 2.05) is 78.9 Å². The highest BCUT2D eigenvalue weighted by molar-refractivity contribution is 6.32. The van der Waals surface area contributed by atoms with Gasteiger partial charge < -0.3 is 14.6 Å². The topological polar surface area (TPSA) is 108 Å². The highest BCUT2D eigenvalue weighted by Crippen LogP contribution is 2.33. The van der Waals surface area contributed by atoms with Crippen molar-refractivity contribution in [3.05, 3.63) is 181 Å². The molecule has 0 fully saturated rings. The first-order valence-electron chi connectivity index (χ1n) is 21.0. The van der Waals surface area contributed by atoms with E-state index < -0.39 is 0 Å². The van der Waals surface area contributed by atoms with Crippen molar-refractivity contribution in [1.82, 2.24) is 19.1 Å². The van der Waals surface area contributed by atoms with Crippen LogP contribution in [0, 0.1) is 24.7 Å². The normalized spacial score (nSPS) is 11.0. The number of phenolic OH excluding ortho intramolecular Hbond substituents is 1. The van der Waals surface area contributed by atoms with Gasteiger partial charge in [-0.2, -0.15) is 9.97 Å². The summed E-state index contributed by atoms with van der Waals surface area (Å²) in [7, 11) is 0. The number of terminal acetylenes is 2. The molecule has 8 rings (SSSR count). The first-order valence-corrected chi connectivity index (χ1v) is 21.7. The lowest BCUT2D eigenvalue weighted by molar-refractivity contribution is 0.371. The van der Waals surface area contributed by atoms with E-state index in [0.717, 1.165) is 38.5 Å². The van der Waals surface area contributed by atoms with Gasteiger partial charge in [-0.25, -0.2) is 9.59 Å². The molecule has 0 spiro atoms. The number of phenols is 1. The molecule has 0 bridgehead atoms. The van der Waals surface area contributed by atoms with Crippen LogP contribution in [0.2, 0.25) is 10.0 Å². The van der Waals surface area contributed by atoms with Crippen LogP contribution >= 0.6 is 23.2 Å². The van der Waals surface area contributed by atoms with E-state index in [-0.39, 0.29) is 41.9 Å². The van der Waals surface area contributed by atoms with Crippen LogP contribution in [0.3, 0.4) is 0 Å². The molecule has 65 heavy (non-hydrogen) atoms. The Hall–Kier alpha value is -7.30. The van der Waals surface area contributed by atoms with Crippen LogP contribution in [0.5, 0.6) is 17.2 Å². The Morgan fingerprint density at radius 3 is 1.52 bits per heavy atom. The summed E-state index contributed by atoms with van der Waals surface area (Å²) in [5, 5.41) is 12.1. The third-order valence-corrected chi connectivity index (χ3v) is 11.6. The number of halogens is 2. The highest BCUT2D eigenvalue weighted by atomic mass is 35.5. The lowest BCUT2D eigenvalue weighted by Crippen LogP contribution is -2.24. The Labute approximate surface area is 387 Å². The summed E-state index contributed by atoms with van der Waals surface area (Å²) in [5.74, 6) is 6.98. The molecule has 9 nitrogen and oxygen atoms in total. The molecule has 0 radical (unpaired) electrons. The molecule has 8 aromatic rings. The lowest BCUT2D eigenvalue weighted by atomic mass is 9.99. The smallest absolute Gasteiger partial charge is 0.348 e. The van der Waals surface area contributed by atoms with Gasteiger partial charge in [0, 0.05) is 26.9 Å². The van der Waals surface area contributed by atoms with E-state index in [9.17, 15) is 14.7 Å². The fourth-order valence-electron chi connectivity index (χ4n) is 7.37. The van der Waals surface area contributed by atoms with Crippen molar-refractivity contribution >= 4 is 45.0 Å². The van der Waals surface area contributed by atoms with Crippen molar-refractivity contribution in [2.75, 3.05) is 13.2 Å². The van der Waals surface area contributed by atoms with Crippen molar-refractivity contribution in [3.8, 4) is 64.5 Å². The van der Waals surface area contributed by atoms with Gasteiger partial charge >= 0.3 is 11.4 Å². The van der Waals surface area contributed by atoms with Crippen molar-refractivity contribution < 1.29 is 14.6 Å². The van der Waals surface area contributed by atoms with Gasteiger partial charge in [0.1, 0.15) is 30.5 Å². The molecular weight excluding hydrogens is 856 g/mol. The van der Waals surface area contributed by atoms with Gasteiger partial charge in [-0.05, 0) is 88.7 Å². The van der Waals surface area contributed by atoms with Crippen LogP contribution < -0.4 is 20.9 Å². The molecule has 0 unspecified atom stereocenters. The molecule has 11 heteroatoms. The standard InChI is InChI=1S/C27H23ClN2O3.C27H23ClN2O2/c1-4-13-33-21-10-11-24-22(15-21)26(20-8-6-19(7-9-20)17(2)3)29-27(32)30(24)16-18-5-12-25(31)23(28)14-18;1-4-15-32-22-13-14-25-23(16-22)26(20-11-9-19(10-12-20)18(2)3)29-27(31)30(25)17-21-7-5-6-8-24(21)28/h1,5-12,14-15,17,31H,13,16H2,2-3H3;1,5-14,16,18H,15,17H2,2-3H3. The molecule has 1 N–H and O–H groups in total. The van der Waals surface area contributed by atoms with Gasteiger partial charge in [-0.3, -0.25) is 9.13 Å². The number of nitrogens with zero attached hydrogens (tertiary/aromatic N) is 4. The van der Waals surface area contributed by atoms with E-state index in [4.69, 9.17) is 45.5 Å². The van der Waals surface area contributed by atoms with Gasteiger partial charge in [-0.1, -0.05) is 136 Å². The zero-order valence-electron chi connectivity index (χ0n) is 36.4. The molecule has 0 amide bonds. The van der Waals surface area contributed by atoms with E-state index >= 15 is 0 Å². The summed E-state index contributed by atoms with van der Waals surface area (Å²) in [5.41, 5.74) is 7.69. The van der Waals surface area contributed by atoms with Crippen molar-refractivity contribution in [3.63, 3.8) is 0 Å². The minimum Gasteiger partial charge on any atom is -0.506 e. The number of hydrogen-bond acceptors (Lipinski definition) is 7. The first-order chi connectivity index (χ1) is 31.3. The van der Waals surface area contributed by atoms with E-state index in [2.05, 4.69) is 73.8 Å². The second-order valence-electron chi connectivity index (χ2n) is 15.9. The average molecular weight is 902 g/mol. The summed E-state index contributed by atoms with van der Waals surface area (Å²) in [6.07, 6.45) is 10.7. The molecule has 0 aliphatic rings. The molecule has 6 aromatic carbocycles. The number of hydrogen-bond donors (Lipinski definition) is 1. The van der Waals surface area contributed by atoms with Crippen LogP contribution in [0.15, 0.2) is 137 Å². The molecule has 0 saturated heterocycles. The van der Waals surface area contributed by atoms with E-state index in [0.29, 0.717) is 51.8 Å². The van der Waals surface area contributed by atoms with Crippen LogP contribution in [-0.4, -0.2) is 37.4 Å². The second-order valence-corrected chi connectivity index (χ2v) is 16.7. The lowest BCUT2D eigenvalue weighted by Gasteiger charge is -2.15. The van der Waals surface area contributed by atoms with Gasteiger partial charge in [-0.15, -0.1) is 12.8 Å². The van der Waals surface area contributed by atoms with Gasteiger partial charge in [0.2, 0.25) is 0 Å². The number of rotatable bonds is 12. The zero-order chi connectivity index (χ0) is 46.2. The molecule has 326 valence electrons. The molecule has 0 atom stereocenters. The Kier molecular flexibility index (Phi) is 14.4. The van der Waals surface area contributed by atoms with Crippen molar-refractivity contribution in [2.45, 2.75) is 52.6 Å². The van der Waals surface area contributed by atoms with Gasteiger partial charge in [0.15, 0.2) is 0 Å². The predicted octanol–water partition coefficient (Wildman–Crippen LogP) is 11.5. The number of ether oxygens (including phenoxy) is 2. The summed E-state index contributed by atoms with van der Waals surface area (Å²) in [6.45, 7) is 9.43. The Morgan fingerprint density at radius 2 is 1.08 bits per heavy atom. The Morgan fingerprint density at radius 1 is 0.600 bits per heavy atom. The van der Waals surface area contributed by atoms with Crippen LogP contribution in [-0.2, 0) is 13.1 Å². The molecular formula is C54H46Cl2N4O5. The summed E-state index contributed by atoms with van der Waals surface area (Å²) in [4.78, 5) is 35.1. The van der Waals surface area contributed by atoms with Gasteiger partial charge in [0.25, 0.3) is 0 Å². The number of aromatic hydroxyl groups is 1. The minimum absolute atomic E-state index is 0.00811. The number of benzene rings is 6. The zero-order valence-corrected chi connectivity index (χ0v) is 37.9. The number of fused-ring (bicyclic) bond motifs is 2. The SMILES string of the molecule is C#CCOc1ccc2c(c1)c(-c1ccc(C(C)C)cc1)nc(=O)n2Cc1ccc(O)c(Cl)c1.C#CCOc1ccc2c(c1)c(-c1ccc(C(C)C)cc1)nc(=O)n2Cc1ccccc1Cl. The van der Waals surface area contributed by atoms with E-state index in [1.165, 1.54) is 17.2 Å². The second kappa shape index (κ2) is 20.5. The molecule has 0 aliphatic heterocycles. The van der Waals surface area contributed by atoms with Crippen LogP contribution in [0.4, 0.5) is 0 Å². The quantitative estimate of drug-likeness (QED) is 0.122. The third kappa shape index (κ3) is 10.6. The molecule has 0 saturated carbocycles. The van der Waals surface area contributed by atoms with E-state index in [1.54, 1.807) is 27.3 Å². The Balaban J connectivity index is 0.000000194. The highest BCUT2D eigenvalue weighted by Gasteiger charge is 2.17. The number of aromatic nitrogens is 4. The summed E-state index contributed by atoms with van der Waals surface area (Å²) in [6, 6.07) is 39.6. The monoisotopic (exact) mass is 900 g/mol. The van der Waals surface area contributed by atoms with Gasteiger partial charge in [0.05, 0.1) is 40.5 Å². The van der Waals surface area contributed by atoms with Crippen LogP contribution in [0.1, 0.15) is 61.8 Å². The maximum atomic E-state index is 13.1. The minimum atomic E-state index is -0.382. The van der Waals surface area contributed by atoms with Crippen LogP contribution in [0.25, 0.3) is 44.3 Å².